The number of hydrogen-bond acceptors (Lipinski definition) is 4. The summed E-state index contributed by atoms with van der Waals surface area (Å²) < 4.78 is 38.9. The summed E-state index contributed by atoms with van der Waals surface area (Å²) in [6.07, 6.45) is -0.442. The van der Waals surface area contributed by atoms with E-state index in [0.29, 0.717) is 10.7 Å². The minimum absolute atomic E-state index is 0.590. The van der Waals surface area contributed by atoms with Crippen molar-refractivity contribution in [3.8, 4) is 11.1 Å². The molecule has 180 valence electrons. The molecule has 1 aromatic heterocycles. The zero-order chi connectivity index (χ0) is 24.0. The van der Waals surface area contributed by atoms with Crippen LogP contribution in [0.15, 0.2) is 66.9 Å². The van der Waals surface area contributed by atoms with E-state index >= 15 is 0 Å². The lowest BCUT2D eigenvalue weighted by molar-refractivity contribution is -0.137. The van der Waals surface area contributed by atoms with Gasteiger partial charge in [-0.05, 0) is 73.0 Å². The number of aromatic nitrogens is 1. The SMILES string of the molecule is FC(F)(F)c1cccc(N2CCN(CCCCNc3cc(-c4ccc(Cl)cc4)ccn3)CC2)c1. The molecule has 0 amide bonds. The smallest absolute Gasteiger partial charge is 0.370 e. The van der Waals surface area contributed by atoms with Crippen LogP contribution in [0.25, 0.3) is 11.1 Å². The average Bonchev–Trinajstić information content (AvgIpc) is 2.84. The number of alkyl halides is 3. The van der Waals surface area contributed by atoms with Gasteiger partial charge in [-0.25, -0.2) is 4.98 Å². The van der Waals surface area contributed by atoms with Crippen molar-refractivity contribution in [2.24, 2.45) is 0 Å². The van der Waals surface area contributed by atoms with Crippen LogP contribution < -0.4 is 10.2 Å². The number of piperazine rings is 1. The molecule has 3 aromatic rings. The standard InChI is InChI=1S/C26H28ClF3N4/c27-23-8-6-20(7-9-23)21-10-12-32-25(18-21)31-11-1-2-13-33-14-16-34(17-15-33)24-5-3-4-22(19-24)26(28,29)30/h3-10,12,18-19H,1-2,11,13-17H2,(H,31,32). The lowest BCUT2D eigenvalue weighted by atomic mass is 10.1. The average molecular weight is 489 g/mol. The fraction of sp³-hybridized carbons (Fsp3) is 0.346. The summed E-state index contributed by atoms with van der Waals surface area (Å²) in [7, 11) is 0. The molecule has 0 atom stereocenters. The number of rotatable bonds is 8. The van der Waals surface area contributed by atoms with Crippen LogP contribution in [0.1, 0.15) is 18.4 Å². The largest absolute Gasteiger partial charge is 0.416 e. The predicted molar refractivity (Wildman–Crippen MR) is 133 cm³/mol. The monoisotopic (exact) mass is 488 g/mol. The Morgan fingerprint density at radius 2 is 1.65 bits per heavy atom. The van der Waals surface area contributed by atoms with Crippen LogP contribution in [0.2, 0.25) is 5.02 Å². The number of nitrogens with one attached hydrogen (secondary N) is 1. The van der Waals surface area contributed by atoms with Gasteiger partial charge >= 0.3 is 6.18 Å². The van der Waals surface area contributed by atoms with Crippen LogP contribution in [-0.4, -0.2) is 49.2 Å². The van der Waals surface area contributed by atoms with E-state index in [1.54, 1.807) is 12.3 Å². The molecule has 8 heteroatoms. The number of hydrogen-bond donors (Lipinski definition) is 1. The Kier molecular flexibility index (Phi) is 7.95. The summed E-state index contributed by atoms with van der Waals surface area (Å²) in [5, 5.41) is 4.11. The predicted octanol–water partition coefficient (Wildman–Crippen LogP) is 6.44. The van der Waals surface area contributed by atoms with E-state index in [0.717, 1.165) is 75.1 Å². The second kappa shape index (κ2) is 11.1. The van der Waals surface area contributed by atoms with Crippen molar-refractivity contribution in [2.45, 2.75) is 19.0 Å². The Balaban J connectivity index is 1.17. The summed E-state index contributed by atoms with van der Waals surface area (Å²) >= 11 is 5.97. The van der Waals surface area contributed by atoms with Crippen LogP contribution >= 0.6 is 11.6 Å². The molecule has 0 radical (unpaired) electrons. The summed E-state index contributed by atoms with van der Waals surface area (Å²) in [5.74, 6) is 0.849. The van der Waals surface area contributed by atoms with Crippen LogP contribution in [0.5, 0.6) is 0 Å². The highest BCUT2D eigenvalue weighted by molar-refractivity contribution is 6.30. The van der Waals surface area contributed by atoms with Gasteiger partial charge in [0.1, 0.15) is 5.82 Å². The summed E-state index contributed by atoms with van der Waals surface area (Å²) in [6, 6.07) is 17.4. The molecule has 0 bridgehead atoms. The third-order valence-electron chi connectivity index (χ3n) is 6.06. The lowest BCUT2D eigenvalue weighted by Gasteiger charge is -2.36. The van der Waals surface area contributed by atoms with Crippen molar-refractivity contribution in [1.82, 2.24) is 9.88 Å². The van der Waals surface area contributed by atoms with Gasteiger partial charge in [-0.15, -0.1) is 0 Å². The van der Waals surface area contributed by atoms with Gasteiger partial charge in [0.25, 0.3) is 0 Å². The normalized spacial score (nSPS) is 14.9. The van der Waals surface area contributed by atoms with Gasteiger partial charge in [0, 0.05) is 49.6 Å². The number of nitrogens with zero attached hydrogens (tertiary/aromatic N) is 3. The molecular weight excluding hydrogens is 461 g/mol. The van der Waals surface area contributed by atoms with Crippen molar-refractivity contribution in [1.29, 1.82) is 0 Å². The highest BCUT2D eigenvalue weighted by Gasteiger charge is 2.31. The van der Waals surface area contributed by atoms with Crippen molar-refractivity contribution >= 4 is 23.1 Å². The summed E-state index contributed by atoms with van der Waals surface area (Å²) in [6.45, 7) is 5.00. The first-order chi connectivity index (χ1) is 16.4. The van der Waals surface area contributed by atoms with Gasteiger partial charge in [0.15, 0.2) is 0 Å². The van der Waals surface area contributed by atoms with E-state index in [-0.39, 0.29) is 0 Å². The minimum atomic E-state index is -4.31. The number of unbranched alkanes of at least 4 members (excludes halogenated alkanes) is 1. The molecule has 1 saturated heterocycles. The number of benzene rings is 2. The molecule has 1 N–H and O–H groups in total. The number of halogens is 4. The zero-order valence-electron chi connectivity index (χ0n) is 18.9. The minimum Gasteiger partial charge on any atom is -0.370 e. The van der Waals surface area contributed by atoms with Crippen molar-refractivity contribution in [3.63, 3.8) is 0 Å². The van der Waals surface area contributed by atoms with E-state index in [2.05, 4.69) is 15.2 Å². The molecule has 4 rings (SSSR count). The number of pyridine rings is 1. The second-order valence-corrected chi connectivity index (χ2v) is 8.88. The molecule has 0 spiro atoms. The Labute approximate surface area is 203 Å². The molecule has 1 fully saturated rings. The fourth-order valence-electron chi connectivity index (χ4n) is 4.13. The Bertz CT molecular complexity index is 1060. The van der Waals surface area contributed by atoms with Gasteiger partial charge in [-0.1, -0.05) is 29.8 Å². The van der Waals surface area contributed by atoms with Crippen LogP contribution in [0.3, 0.4) is 0 Å². The fourth-order valence-corrected chi connectivity index (χ4v) is 4.26. The zero-order valence-corrected chi connectivity index (χ0v) is 19.6. The topological polar surface area (TPSA) is 31.4 Å². The van der Waals surface area contributed by atoms with E-state index in [1.165, 1.54) is 12.1 Å². The van der Waals surface area contributed by atoms with E-state index in [4.69, 9.17) is 11.6 Å². The lowest BCUT2D eigenvalue weighted by Crippen LogP contribution is -2.46. The van der Waals surface area contributed by atoms with E-state index in [9.17, 15) is 13.2 Å². The maximum atomic E-state index is 13.0. The molecule has 34 heavy (non-hydrogen) atoms. The first-order valence-electron chi connectivity index (χ1n) is 11.5. The third-order valence-corrected chi connectivity index (χ3v) is 6.31. The quantitative estimate of drug-likeness (QED) is 0.370. The molecule has 1 aliphatic heterocycles. The van der Waals surface area contributed by atoms with Crippen LogP contribution in [-0.2, 0) is 6.18 Å². The van der Waals surface area contributed by atoms with Gasteiger partial charge in [0.2, 0.25) is 0 Å². The van der Waals surface area contributed by atoms with Crippen molar-refractivity contribution < 1.29 is 13.2 Å². The Hall–Kier alpha value is -2.77. The van der Waals surface area contributed by atoms with E-state index < -0.39 is 11.7 Å². The van der Waals surface area contributed by atoms with Crippen LogP contribution in [0, 0.1) is 0 Å². The molecule has 0 unspecified atom stereocenters. The molecule has 0 saturated carbocycles. The van der Waals surface area contributed by atoms with Crippen LogP contribution in [0.4, 0.5) is 24.7 Å². The van der Waals surface area contributed by atoms with Crippen molar-refractivity contribution in [3.05, 3.63) is 77.4 Å². The molecule has 4 nitrogen and oxygen atoms in total. The third kappa shape index (κ3) is 6.64. The van der Waals surface area contributed by atoms with Crippen molar-refractivity contribution in [2.75, 3.05) is 49.5 Å². The molecule has 0 aliphatic carbocycles. The second-order valence-electron chi connectivity index (χ2n) is 8.45. The van der Waals surface area contributed by atoms with Gasteiger partial charge in [0.05, 0.1) is 5.56 Å². The van der Waals surface area contributed by atoms with Gasteiger partial charge in [-0.2, -0.15) is 13.2 Å². The van der Waals surface area contributed by atoms with Gasteiger partial charge in [-0.3, -0.25) is 4.90 Å². The molecule has 1 aliphatic rings. The maximum absolute atomic E-state index is 13.0. The molecular formula is C26H28ClF3N4. The molecule has 2 heterocycles. The van der Waals surface area contributed by atoms with E-state index in [1.807, 2.05) is 41.3 Å². The maximum Gasteiger partial charge on any atom is 0.416 e. The summed E-state index contributed by atoms with van der Waals surface area (Å²) in [5.41, 5.74) is 2.24. The molecule has 2 aromatic carbocycles. The Morgan fingerprint density at radius 1 is 0.882 bits per heavy atom. The highest BCUT2D eigenvalue weighted by Crippen LogP contribution is 2.32. The first-order valence-corrected chi connectivity index (χ1v) is 11.9. The van der Waals surface area contributed by atoms with Gasteiger partial charge < -0.3 is 10.2 Å². The number of anilines is 2. The summed E-state index contributed by atoms with van der Waals surface area (Å²) in [4.78, 5) is 8.82. The highest BCUT2D eigenvalue weighted by atomic mass is 35.5. The first kappa shape index (κ1) is 24.4. The Morgan fingerprint density at radius 3 is 2.38 bits per heavy atom.